The first kappa shape index (κ1) is 72.8. The zero-order valence-electron chi connectivity index (χ0n) is 49.9. The molecule has 2 fully saturated rings. The Balaban J connectivity index is 1.69. The molecule has 9 N–H and O–H groups in total. The Morgan fingerprint density at radius 3 is 1.18 bits per heavy atom. The van der Waals surface area contributed by atoms with Gasteiger partial charge in [0.05, 0.1) is 32.0 Å². The number of hydrogen-bond acceptors (Lipinski definition) is 13. The van der Waals surface area contributed by atoms with Crippen molar-refractivity contribution in [3.8, 4) is 0 Å². The van der Waals surface area contributed by atoms with Crippen LogP contribution < -0.4 is 5.32 Å². The molecule has 14 nitrogen and oxygen atoms in total. The minimum absolute atomic E-state index is 0.232. The number of aliphatic hydroxyl groups is 8. The maximum atomic E-state index is 13.3. The number of ether oxygens (including phenoxy) is 4. The van der Waals surface area contributed by atoms with Gasteiger partial charge in [-0.25, -0.2) is 0 Å². The molecule has 2 saturated heterocycles. The molecule has 2 aliphatic heterocycles. The summed E-state index contributed by atoms with van der Waals surface area (Å²) >= 11 is 0. The van der Waals surface area contributed by atoms with Gasteiger partial charge in [-0.15, -0.1) is 0 Å². The average molecular weight is 1110 g/mol. The summed E-state index contributed by atoms with van der Waals surface area (Å²) in [6.07, 6.45) is 42.6. The number of nitrogens with one attached hydrogen (secondary N) is 1. The lowest BCUT2D eigenvalue weighted by molar-refractivity contribution is -0.359. The monoisotopic (exact) mass is 1110 g/mol. The fourth-order valence-corrected chi connectivity index (χ4v) is 11.2. The van der Waals surface area contributed by atoms with Crippen molar-refractivity contribution in [2.24, 2.45) is 0 Å². The van der Waals surface area contributed by atoms with E-state index in [4.69, 9.17) is 18.9 Å². The molecule has 0 aromatic heterocycles. The SMILES string of the molecule is CCCCCCCCCCCCCCCCC/C=C/C(O)C(COC1OC(CO)C(OC2OC(CO)C(O)C(O)C2O)C(O)C1O)NC(=O)CCCCCCCCCCCCCCCCCCCCCCCCCCCCC. The van der Waals surface area contributed by atoms with E-state index in [0.717, 1.165) is 38.5 Å². The predicted octanol–water partition coefficient (Wildman–Crippen LogP) is 12.2. The number of hydrogen-bond donors (Lipinski definition) is 9. The molecule has 0 spiro atoms. The molecule has 2 heterocycles. The van der Waals surface area contributed by atoms with Crippen LogP contribution in [0, 0.1) is 0 Å². The van der Waals surface area contributed by atoms with Gasteiger partial charge in [0.1, 0.15) is 48.8 Å². The molecule has 0 aromatic carbocycles. The van der Waals surface area contributed by atoms with Gasteiger partial charge >= 0.3 is 0 Å². The van der Waals surface area contributed by atoms with Crippen LogP contribution in [0.4, 0.5) is 0 Å². The maximum absolute atomic E-state index is 13.3. The molecule has 14 heteroatoms. The van der Waals surface area contributed by atoms with E-state index < -0.39 is 86.8 Å². The third-order valence-electron chi connectivity index (χ3n) is 16.5. The van der Waals surface area contributed by atoms with Crippen molar-refractivity contribution in [3.63, 3.8) is 0 Å². The Morgan fingerprint density at radius 2 is 0.795 bits per heavy atom. The lowest BCUT2D eigenvalue weighted by Gasteiger charge is -2.46. The highest BCUT2D eigenvalue weighted by atomic mass is 16.7. The van der Waals surface area contributed by atoms with Crippen LogP contribution in [0.3, 0.4) is 0 Å². The maximum Gasteiger partial charge on any atom is 0.220 e. The molecular weight excluding hydrogens is 991 g/mol. The highest BCUT2D eigenvalue weighted by Gasteiger charge is 2.51. The largest absolute Gasteiger partial charge is 0.394 e. The van der Waals surface area contributed by atoms with E-state index in [1.54, 1.807) is 6.08 Å². The van der Waals surface area contributed by atoms with E-state index in [0.29, 0.717) is 6.42 Å². The van der Waals surface area contributed by atoms with Crippen molar-refractivity contribution >= 4 is 5.91 Å². The summed E-state index contributed by atoms with van der Waals surface area (Å²) < 4.78 is 22.8. The van der Waals surface area contributed by atoms with E-state index in [1.807, 2.05) is 6.08 Å². The first-order valence-corrected chi connectivity index (χ1v) is 32.9. The van der Waals surface area contributed by atoms with E-state index in [1.165, 1.54) is 231 Å². The van der Waals surface area contributed by atoms with Gasteiger partial charge in [0.15, 0.2) is 12.6 Å². The lowest BCUT2D eigenvalue weighted by Crippen LogP contribution is -2.65. The van der Waals surface area contributed by atoms with Crippen LogP contribution in [0.25, 0.3) is 0 Å². The van der Waals surface area contributed by atoms with Crippen LogP contribution in [0.1, 0.15) is 296 Å². The minimum Gasteiger partial charge on any atom is -0.394 e. The second-order valence-corrected chi connectivity index (χ2v) is 23.6. The Hall–Kier alpha value is -1.27. The number of allylic oxidation sites excluding steroid dienone is 1. The molecular formula is C64H123NO13. The highest BCUT2D eigenvalue weighted by Crippen LogP contribution is 2.30. The fraction of sp³-hybridized carbons (Fsp3) is 0.953. The first-order valence-electron chi connectivity index (χ1n) is 32.9. The van der Waals surface area contributed by atoms with Gasteiger partial charge < -0.3 is 65.1 Å². The summed E-state index contributed by atoms with van der Waals surface area (Å²) in [4.78, 5) is 13.3. The molecule has 2 aliphatic rings. The number of carbonyl (C=O) groups excluding carboxylic acids is 1. The van der Waals surface area contributed by atoms with Gasteiger partial charge in [0, 0.05) is 6.42 Å². The summed E-state index contributed by atoms with van der Waals surface area (Å²) in [5.74, 6) is -0.232. The van der Waals surface area contributed by atoms with E-state index in [9.17, 15) is 45.6 Å². The summed E-state index contributed by atoms with van der Waals surface area (Å²) in [5, 5.41) is 87.2. The minimum atomic E-state index is -1.79. The van der Waals surface area contributed by atoms with Gasteiger partial charge in [0.25, 0.3) is 0 Å². The third-order valence-corrected chi connectivity index (χ3v) is 16.5. The van der Waals surface area contributed by atoms with Crippen molar-refractivity contribution in [1.29, 1.82) is 0 Å². The van der Waals surface area contributed by atoms with Crippen LogP contribution in [0.2, 0.25) is 0 Å². The number of carbonyl (C=O) groups is 1. The molecule has 12 unspecified atom stereocenters. The van der Waals surface area contributed by atoms with Gasteiger partial charge in [-0.3, -0.25) is 4.79 Å². The first-order chi connectivity index (χ1) is 38.1. The summed E-state index contributed by atoms with van der Waals surface area (Å²) in [6.45, 7) is 2.84. The second-order valence-electron chi connectivity index (χ2n) is 23.6. The van der Waals surface area contributed by atoms with Crippen molar-refractivity contribution in [2.75, 3.05) is 19.8 Å². The van der Waals surface area contributed by atoms with Crippen LogP contribution in [-0.4, -0.2) is 140 Å². The zero-order valence-corrected chi connectivity index (χ0v) is 49.9. The third kappa shape index (κ3) is 35.0. The van der Waals surface area contributed by atoms with Gasteiger partial charge in [0.2, 0.25) is 5.91 Å². The molecule has 462 valence electrons. The molecule has 2 rings (SSSR count). The molecule has 1 amide bonds. The van der Waals surface area contributed by atoms with Crippen molar-refractivity contribution in [3.05, 3.63) is 12.2 Å². The smallest absolute Gasteiger partial charge is 0.220 e. The van der Waals surface area contributed by atoms with Gasteiger partial charge in [-0.2, -0.15) is 0 Å². The van der Waals surface area contributed by atoms with E-state index in [-0.39, 0.29) is 18.9 Å². The summed E-state index contributed by atoms with van der Waals surface area (Å²) in [6, 6.07) is -0.910. The van der Waals surface area contributed by atoms with E-state index in [2.05, 4.69) is 19.2 Å². The number of amides is 1. The molecule has 12 atom stereocenters. The average Bonchev–Trinajstić information content (AvgIpc) is 3.48. The molecule has 0 radical (unpaired) electrons. The number of unbranched alkanes of at least 4 members (excludes halogenated alkanes) is 41. The quantitative estimate of drug-likeness (QED) is 0.0204. The van der Waals surface area contributed by atoms with Crippen molar-refractivity contribution < 1.29 is 64.6 Å². The fourth-order valence-electron chi connectivity index (χ4n) is 11.2. The Labute approximate surface area is 476 Å². The molecule has 0 saturated carbocycles. The summed E-state index contributed by atoms with van der Waals surface area (Å²) in [5.41, 5.74) is 0. The van der Waals surface area contributed by atoms with Crippen molar-refractivity contribution in [2.45, 2.75) is 370 Å². The standard InChI is InChI=1S/C64H123NO13/c1-3-5-7-9-11-13-15-17-19-21-22-23-24-25-26-27-28-29-30-32-34-36-38-40-42-44-46-48-56(69)65-52(53(68)47-45-43-41-39-37-35-33-31-20-18-16-14-12-10-8-6-4-2)51-75-63-61(74)59(72)62(55(50-67)77-63)78-64-60(73)58(71)57(70)54(49-66)76-64/h45,47,52-55,57-64,66-68,70-74H,3-44,46,48-51H2,1-2H3,(H,65,69)/b47-45+. The van der Waals surface area contributed by atoms with Crippen LogP contribution >= 0.6 is 0 Å². The molecule has 0 bridgehead atoms. The predicted molar refractivity (Wildman–Crippen MR) is 314 cm³/mol. The molecule has 0 aromatic rings. The Morgan fingerprint density at radius 1 is 0.449 bits per heavy atom. The topological polar surface area (TPSA) is 228 Å². The van der Waals surface area contributed by atoms with Crippen LogP contribution in [-0.2, 0) is 23.7 Å². The lowest BCUT2D eigenvalue weighted by atomic mass is 9.97. The summed E-state index contributed by atoms with van der Waals surface area (Å²) in [7, 11) is 0. The zero-order chi connectivity index (χ0) is 56.7. The Kier molecular flexibility index (Phi) is 46.9. The van der Waals surface area contributed by atoms with Gasteiger partial charge in [-0.05, 0) is 19.3 Å². The molecule has 0 aliphatic carbocycles. The molecule has 78 heavy (non-hydrogen) atoms. The Bertz CT molecular complexity index is 1360. The normalized spacial score (nSPS) is 24.5. The number of rotatable bonds is 54. The van der Waals surface area contributed by atoms with Gasteiger partial charge in [-0.1, -0.05) is 283 Å². The number of aliphatic hydroxyl groups excluding tert-OH is 8. The van der Waals surface area contributed by atoms with Crippen LogP contribution in [0.15, 0.2) is 12.2 Å². The van der Waals surface area contributed by atoms with Crippen molar-refractivity contribution in [1.82, 2.24) is 5.32 Å². The highest BCUT2D eigenvalue weighted by molar-refractivity contribution is 5.76. The van der Waals surface area contributed by atoms with Crippen LogP contribution in [0.5, 0.6) is 0 Å². The van der Waals surface area contributed by atoms with E-state index >= 15 is 0 Å². The second kappa shape index (κ2) is 50.3.